The number of piperidine rings is 1. The zero-order valence-electron chi connectivity index (χ0n) is 11.7. The highest BCUT2D eigenvalue weighted by Crippen LogP contribution is 2.24. The molecule has 2 rings (SSSR count). The number of hydrogen-bond acceptors (Lipinski definition) is 3. The molecular formula is C15H22N2O2. The molecule has 1 aromatic carbocycles. The van der Waals surface area contributed by atoms with Gasteiger partial charge in [0.15, 0.2) is 0 Å². The van der Waals surface area contributed by atoms with Crippen LogP contribution >= 0.6 is 0 Å². The van der Waals surface area contributed by atoms with Crippen LogP contribution in [0.3, 0.4) is 0 Å². The van der Waals surface area contributed by atoms with Crippen molar-refractivity contribution in [2.24, 2.45) is 11.7 Å². The molecule has 0 atom stereocenters. The molecule has 1 aromatic rings. The van der Waals surface area contributed by atoms with Gasteiger partial charge in [-0.2, -0.15) is 0 Å². The highest BCUT2D eigenvalue weighted by molar-refractivity contribution is 5.76. The number of amides is 1. The summed E-state index contributed by atoms with van der Waals surface area (Å²) in [4.78, 5) is 13.5. The van der Waals surface area contributed by atoms with E-state index in [9.17, 15) is 4.79 Å². The molecule has 0 radical (unpaired) electrons. The van der Waals surface area contributed by atoms with E-state index in [4.69, 9.17) is 10.5 Å². The van der Waals surface area contributed by atoms with Crippen LogP contribution in [0.2, 0.25) is 0 Å². The molecule has 4 heteroatoms. The number of ether oxygens (including phenoxy) is 1. The van der Waals surface area contributed by atoms with Gasteiger partial charge in [0.05, 0.1) is 7.11 Å². The molecule has 1 heterocycles. The Morgan fingerprint density at radius 2 is 2.11 bits per heavy atom. The normalized spacial score (nSPS) is 17.4. The van der Waals surface area contributed by atoms with E-state index in [1.165, 1.54) is 11.1 Å². The lowest BCUT2D eigenvalue weighted by Gasteiger charge is -2.30. The molecule has 19 heavy (non-hydrogen) atoms. The van der Waals surface area contributed by atoms with Crippen molar-refractivity contribution in [3.8, 4) is 5.75 Å². The zero-order valence-corrected chi connectivity index (χ0v) is 11.7. The number of nitrogens with zero attached hydrogens (tertiary/aromatic N) is 1. The van der Waals surface area contributed by atoms with E-state index in [1.54, 1.807) is 7.11 Å². The third-order valence-corrected chi connectivity index (χ3v) is 3.82. The Labute approximate surface area is 114 Å². The number of methoxy groups -OCH3 is 1. The fourth-order valence-corrected chi connectivity index (χ4v) is 2.65. The Morgan fingerprint density at radius 3 is 2.68 bits per heavy atom. The van der Waals surface area contributed by atoms with Crippen LogP contribution in [0.5, 0.6) is 5.75 Å². The Morgan fingerprint density at radius 1 is 1.42 bits per heavy atom. The van der Waals surface area contributed by atoms with Crippen molar-refractivity contribution in [3.63, 3.8) is 0 Å². The van der Waals surface area contributed by atoms with Crippen LogP contribution in [0.15, 0.2) is 18.2 Å². The van der Waals surface area contributed by atoms with Gasteiger partial charge in [-0.1, -0.05) is 17.7 Å². The van der Waals surface area contributed by atoms with Crippen LogP contribution in [0.4, 0.5) is 0 Å². The lowest BCUT2D eigenvalue weighted by molar-refractivity contribution is -0.123. The van der Waals surface area contributed by atoms with Crippen molar-refractivity contribution in [2.75, 3.05) is 20.2 Å². The molecule has 104 valence electrons. The summed E-state index contributed by atoms with van der Waals surface area (Å²) in [7, 11) is 1.70. The second-order valence-corrected chi connectivity index (χ2v) is 5.27. The number of carbonyl (C=O) groups excluding carboxylic acids is 1. The van der Waals surface area contributed by atoms with Crippen LogP contribution in [-0.4, -0.2) is 31.0 Å². The minimum Gasteiger partial charge on any atom is -0.496 e. The summed E-state index contributed by atoms with van der Waals surface area (Å²) in [5, 5.41) is 0. The lowest BCUT2D eigenvalue weighted by Crippen LogP contribution is -2.38. The highest BCUT2D eigenvalue weighted by Gasteiger charge is 2.23. The lowest BCUT2D eigenvalue weighted by atomic mass is 9.96. The summed E-state index contributed by atoms with van der Waals surface area (Å²) in [5.41, 5.74) is 7.80. The first kappa shape index (κ1) is 13.9. The summed E-state index contributed by atoms with van der Waals surface area (Å²) < 4.78 is 5.40. The van der Waals surface area contributed by atoms with Crippen molar-refractivity contribution in [1.82, 2.24) is 4.90 Å². The first-order chi connectivity index (χ1) is 9.10. The molecule has 0 unspecified atom stereocenters. The number of hydrogen-bond donors (Lipinski definition) is 1. The van der Waals surface area contributed by atoms with Crippen LogP contribution < -0.4 is 10.5 Å². The van der Waals surface area contributed by atoms with Crippen LogP contribution in [0.25, 0.3) is 0 Å². The third-order valence-electron chi connectivity index (χ3n) is 3.82. The minimum atomic E-state index is -0.159. The molecule has 0 saturated carbocycles. The molecule has 2 N–H and O–H groups in total. The molecule has 0 bridgehead atoms. The number of primary amides is 1. The van der Waals surface area contributed by atoms with Gasteiger partial charge in [-0.15, -0.1) is 0 Å². The molecule has 1 aliphatic rings. The van der Waals surface area contributed by atoms with E-state index in [1.807, 2.05) is 6.07 Å². The summed E-state index contributed by atoms with van der Waals surface area (Å²) in [6.07, 6.45) is 1.73. The maximum Gasteiger partial charge on any atom is 0.220 e. The summed E-state index contributed by atoms with van der Waals surface area (Å²) >= 11 is 0. The number of aryl methyl sites for hydroxylation is 1. The van der Waals surface area contributed by atoms with Crippen molar-refractivity contribution < 1.29 is 9.53 Å². The Balaban J connectivity index is 1.99. The van der Waals surface area contributed by atoms with Gasteiger partial charge in [0, 0.05) is 18.0 Å². The van der Waals surface area contributed by atoms with Gasteiger partial charge in [0.25, 0.3) is 0 Å². The smallest absolute Gasteiger partial charge is 0.220 e. The van der Waals surface area contributed by atoms with Gasteiger partial charge in [0.1, 0.15) is 5.75 Å². The van der Waals surface area contributed by atoms with E-state index < -0.39 is 0 Å². The maximum atomic E-state index is 11.1. The number of likely N-dealkylation sites (tertiary alicyclic amines) is 1. The summed E-state index contributed by atoms with van der Waals surface area (Å²) in [6.45, 7) is 4.80. The second kappa shape index (κ2) is 6.06. The molecular weight excluding hydrogens is 240 g/mol. The van der Waals surface area contributed by atoms with Crippen LogP contribution in [-0.2, 0) is 11.3 Å². The number of benzene rings is 1. The quantitative estimate of drug-likeness (QED) is 0.898. The van der Waals surface area contributed by atoms with E-state index in [-0.39, 0.29) is 11.8 Å². The van der Waals surface area contributed by atoms with Gasteiger partial charge in [0.2, 0.25) is 5.91 Å². The topological polar surface area (TPSA) is 55.6 Å². The highest BCUT2D eigenvalue weighted by atomic mass is 16.5. The molecule has 0 aromatic heterocycles. The first-order valence-electron chi connectivity index (χ1n) is 6.75. The molecule has 1 fully saturated rings. The summed E-state index contributed by atoms with van der Waals surface area (Å²) in [6, 6.07) is 6.24. The average molecular weight is 262 g/mol. The van der Waals surface area contributed by atoms with Gasteiger partial charge in [-0.05, 0) is 38.9 Å². The Kier molecular flexibility index (Phi) is 4.43. The SMILES string of the molecule is COc1ccc(C)cc1CN1CCC(C(N)=O)CC1. The molecule has 0 spiro atoms. The fourth-order valence-electron chi connectivity index (χ4n) is 2.65. The van der Waals surface area contributed by atoms with Crippen molar-refractivity contribution in [1.29, 1.82) is 0 Å². The van der Waals surface area contributed by atoms with Crippen LogP contribution in [0, 0.1) is 12.8 Å². The van der Waals surface area contributed by atoms with Crippen molar-refractivity contribution in [3.05, 3.63) is 29.3 Å². The molecule has 4 nitrogen and oxygen atoms in total. The van der Waals surface area contributed by atoms with Crippen molar-refractivity contribution >= 4 is 5.91 Å². The van der Waals surface area contributed by atoms with Crippen molar-refractivity contribution in [2.45, 2.75) is 26.3 Å². The van der Waals surface area contributed by atoms with Gasteiger partial charge in [-0.3, -0.25) is 9.69 Å². The van der Waals surface area contributed by atoms with Gasteiger partial charge in [-0.25, -0.2) is 0 Å². The predicted octanol–water partition coefficient (Wildman–Crippen LogP) is 1.70. The van der Waals surface area contributed by atoms with Crippen LogP contribution in [0.1, 0.15) is 24.0 Å². The largest absolute Gasteiger partial charge is 0.496 e. The standard InChI is InChI=1S/C15H22N2O2/c1-11-3-4-14(19-2)13(9-11)10-17-7-5-12(6-8-17)15(16)18/h3-4,9,12H,5-8,10H2,1-2H3,(H2,16,18). The first-order valence-corrected chi connectivity index (χ1v) is 6.75. The molecule has 1 saturated heterocycles. The molecule has 1 amide bonds. The maximum absolute atomic E-state index is 11.1. The number of nitrogens with two attached hydrogens (primary N) is 1. The number of carbonyl (C=O) groups is 1. The average Bonchev–Trinajstić information content (AvgIpc) is 2.39. The van der Waals surface area contributed by atoms with Gasteiger partial charge >= 0.3 is 0 Å². The van der Waals surface area contributed by atoms with E-state index >= 15 is 0 Å². The molecule has 0 aliphatic carbocycles. The van der Waals surface area contributed by atoms with E-state index in [0.717, 1.165) is 38.2 Å². The Hall–Kier alpha value is -1.55. The monoisotopic (exact) mass is 262 g/mol. The fraction of sp³-hybridized carbons (Fsp3) is 0.533. The molecule has 1 aliphatic heterocycles. The third kappa shape index (κ3) is 3.47. The Bertz CT molecular complexity index is 451. The predicted molar refractivity (Wildman–Crippen MR) is 74.9 cm³/mol. The summed E-state index contributed by atoms with van der Waals surface area (Å²) in [5.74, 6) is 0.825. The van der Waals surface area contributed by atoms with E-state index in [2.05, 4.69) is 24.0 Å². The zero-order chi connectivity index (χ0) is 13.8. The second-order valence-electron chi connectivity index (χ2n) is 5.27. The van der Waals surface area contributed by atoms with Gasteiger partial charge < -0.3 is 10.5 Å². The van der Waals surface area contributed by atoms with E-state index in [0.29, 0.717) is 0 Å². The number of rotatable bonds is 4. The minimum absolute atomic E-state index is 0.0515.